The lowest BCUT2D eigenvalue weighted by molar-refractivity contribution is -0.122. The van der Waals surface area contributed by atoms with Crippen molar-refractivity contribution in [3.8, 4) is 0 Å². The largest absolute Gasteiger partial charge is 0.372 e. The first-order valence-corrected chi connectivity index (χ1v) is 12.8. The molecule has 2 aromatic carbocycles. The van der Waals surface area contributed by atoms with Gasteiger partial charge in [0.15, 0.2) is 5.17 Å². The molecule has 8 heteroatoms. The van der Waals surface area contributed by atoms with Crippen molar-refractivity contribution in [3.05, 3.63) is 56.9 Å². The van der Waals surface area contributed by atoms with Gasteiger partial charge in [-0.1, -0.05) is 23.4 Å². The van der Waals surface area contributed by atoms with Crippen molar-refractivity contribution in [1.29, 1.82) is 0 Å². The van der Waals surface area contributed by atoms with Crippen LogP contribution < -0.4 is 9.80 Å². The van der Waals surface area contributed by atoms with Crippen molar-refractivity contribution < 1.29 is 4.79 Å². The molecular formula is C24H27ClN4OS2. The first-order valence-electron chi connectivity index (χ1n) is 10.8. The maximum absolute atomic E-state index is 13.3. The van der Waals surface area contributed by atoms with Crippen molar-refractivity contribution in [1.82, 2.24) is 4.90 Å². The summed E-state index contributed by atoms with van der Waals surface area (Å²) >= 11 is 9.25. The summed E-state index contributed by atoms with van der Waals surface area (Å²) in [5.41, 5.74) is 4.21. The Morgan fingerprint density at radius 3 is 2.47 bits per heavy atom. The number of halogens is 1. The number of amidine groups is 1. The quantitative estimate of drug-likeness (QED) is 0.452. The highest BCUT2D eigenvalue weighted by molar-refractivity contribution is 8.19. The number of fused-ring (bicyclic) bond motifs is 1. The molecule has 0 spiro atoms. The van der Waals surface area contributed by atoms with Gasteiger partial charge in [0.05, 0.1) is 16.4 Å². The first kappa shape index (κ1) is 23.1. The van der Waals surface area contributed by atoms with Crippen LogP contribution in [0.5, 0.6) is 0 Å². The summed E-state index contributed by atoms with van der Waals surface area (Å²) in [4.78, 5) is 26.1. The third-order valence-electron chi connectivity index (χ3n) is 5.69. The lowest BCUT2D eigenvalue weighted by Gasteiger charge is -2.21. The Morgan fingerprint density at radius 2 is 1.81 bits per heavy atom. The Morgan fingerprint density at radius 1 is 1.06 bits per heavy atom. The number of likely N-dealkylation sites (N-methyl/N-ethyl adjacent to an activating group) is 1. The summed E-state index contributed by atoms with van der Waals surface area (Å²) < 4.78 is 0. The van der Waals surface area contributed by atoms with Crippen LogP contribution >= 0.6 is 35.1 Å². The molecule has 0 atom stereocenters. The number of aliphatic imine (C=N–C) groups is 1. The zero-order valence-electron chi connectivity index (χ0n) is 19.0. The number of amides is 1. The van der Waals surface area contributed by atoms with E-state index in [9.17, 15) is 4.79 Å². The SMILES string of the molecule is CCN1C(=O)C(=C2Sc3ccc(Cl)cc3N2C)SC1=Nc1ccc(N(CC)CC)cc1C. The second-order valence-corrected chi connectivity index (χ2v) is 10.0. The zero-order chi connectivity index (χ0) is 23.0. The molecule has 1 fully saturated rings. The highest BCUT2D eigenvalue weighted by Crippen LogP contribution is 2.50. The molecule has 5 nitrogen and oxygen atoms in total. The number of anilines is 2. The molecule has 0 bridgehead atoms. The van der Waals surface area contributed by atoms with Crippen LogP contribution in [0.3, 0.4) is 0 Å². The van der Waals surface area contributed by atoms with E-state index >= 15 is 0 Å². The summed E-state index contributed by atoms with van der Waals surface area (Å²) in [6.45, 7) is 10.9. The predicted molar refractivity (Wildman–Crippen MR) is 140 cm³/mol. The number of aryl methyl sites for hydroxylation is 1. The number of hydrogen-bond acceptors (Lipinski definition) is 6. The number of rotatable bonds is 5. The summed E-state index contributed by atoms with van der Waals surface area (Å²) in [5.74, 6) is 0.00178. The fourth-order valence-electron chi connectivity index (χ4n) is 3.87. The number of benzene rings is 2. The smallest absolute Gasteiger partial charge is 0.269 e. The van der Waals surface area contributed by atoms with Crippen molar-refractivity contribution in [2.45, 2.75) is 32.6 Å². The van der Waals surface area contributed by atoms with Crippen LogP contribution in [0.2, 0.25) is 5.02 Å². The van der Waals surface area contributed by atoms with Gasteiger partial charge in [0.25, 0.3) is 5.91 Å². The number of nitrogens with zero attached hydrogens (tertiary/aromatic N) is 4. The van der Waals surface area contributed by atoms with Gasteiger partial charge < -0.3 is 9.80 Å². The highest BCUT2D eigenvalue weighted by atomic mass is 35.5. The fraction of sp³-hybridized carbons (Fsp3) is 0.333. The summed E-state index contributed by atoms with van der Waals surface area (Å²) in [7, 11) is 1.98. The Hall–Kier alpha value is -2.09. The second kappa shape index (κ2) is 9.41. The molecule has 1 amide bonds. The van der Waals surface area contributed by atoms with E-state index in [-0.39, 0.29) is 5.91 Å². The Kier molecular flexibility index (Phi) is 6.79. The van der Waals surface area contributed by atoms with E-state index in [1.165, 1.54) is 17.4 Å². The van der Waals surface area contributed by atoms with Crippen LogP contribution in [0.25, 0.3) is 0 Å². The van der Waals surface area contributed by atoms with Crippen LogP contribution in [-0.4, -0.2) is 42.7 Å². The fourth-order valence-corrected chi connectivity index (χ4v) is 6.42. The minimum atomic E-state index is 0.00178. The van der Waals surface area contributed by atoms with Gasteiger partial charge in [-0.3, -0.25) is 9.69 Å². The van der Waals surface area contributed by atoms with E-state index in [4.69, 9.17) is 16.6 Å². The van der Waals surface area contributed by atoms with Crippen molar-refractivity contribution in [2.75, 3.05) is 36.5 Å². The molecule has 4 rings (SSSR count). The molecule has 168 valence electrons. The summed E-state index contributed by atoms with van der Waals surface area (Å²) in [6.07, 6.45) is 0. The van der Waals surface area contributed by atoms with E-state index in [1.54, 1.807) is 16.7 Å². The molecule has 2 heterocycles. The molecule has 32 heavy (non-hydrogen) atoms. The number of carbonyl (C=O) groups excluding carboxylic acids is 1. The Bertz CT molecular complexity index is 1130. The number of carbonyl (C=O) groups is 1. The Balaban J connectivity index is 1.68. The maximum Gasteiger partial charge on any atom is 0.269 e. The molecular weight excluding hydrogens is 460 g/mol. The van der Waals surface area contributed by atoms with Crippen molar-refractivity contribution >= 4 is 63.3 Å². The lowest BCUT2D eigenvalue weighted by Crippen LogP contribution is -2.29. The van der Waals surface area contributed by atoms with Crippen molar-refractivity contribution in [3.63, 3.8) is 0 Å². The van der Waals surface area contributed by atoms with Crippen LogP contribution in [-0.2, 0) is 4.79 Å². The first-order chi connectivity index (χ1) is 15.4. The van der Waals surface area contributed by atoms with Gasteiger partial charge in [0.1, 0.15) is 4.91 Å². The third-order valence-corrected chi connectivity index (χ3v) is 8.36. The van der Waals surface area contributed by atoms with Gasteiger partial charge in [-0.25, -0.2) is 4.99 Å². The molecule has 2 aromatic rings. The highest BCUT2D eigenvalue weighted by Gasteiger charge is 2.38. The molecule has 0 aromatic heterocycles. The van der Waals surface area contributed by atoms with E-state index in [0.717, 1.165) is 45.1 Å². The van der Waals surface area contributed by atoms with Gasteiger partial charge in [-0.15, -0.1) is 0 Å². The van der Waals surface area contributed by atoms with E-state index in [2.05, 4.69) is 37.8 Å². The van der Waals surface area contributed by atoms with Crippen LogP contribution in [0, 0.1) is 6.92 Å². The monoisotopic (exact) mass is 486 g/mol. The third kappa shape index (κ3) is 4.14. The standard InChI is InChI=1S/C24H27ClN4OS2/c1-6-28(7-2)17-10-11-18(15(4)13-17)26-24-29(8-3)22(30)21(32-24)23-27(5)19-14-16(25)9-12-20(19)31-23/h9-14H,6-8H2,1-5H3. The predicted octanol–water partition coefficient (Wildman–Crippen LogP) is 6.49. The molecule has 0 unspecified atom stereocenters. The van der Waals surface area contributed by atoms with Crippen LogP contribution in [0.15, 0.2) is 56.2 Å². The van der Waals surface area contributed by atoms with E-state index < -0.39 is 0 Å². The van der Waals surface area contributed by atoms with Gasteiger partial charge in [-0.05, 0) is 81.4 Å². The molecule has 0 aliphatic carbocycles. The average molecular weight is 487 g/mol. The van der Waals surface area contributed by atoms with Gasteiger partial charge >= 0.3 is 0 Å². The lowest BCUT2D eigenvalue weighted by atomic mass is 10.1. The van der Waals surface area contributed by atoms with E-state index in [0.29, 0.717) is 16.5 Å². The normalized spacial score (nSPS) is 19.3. The summed E-state index contributed by atoms with van der Waals surface area (Å²) in [6, 6.07) is 12.2. The minimum Gasteiger partial charge on any atom is -0.372 e. The molecule has 2 aliphatic rings. The number of hydrogen-bond donors (Lipinski definition) is 0. The maximum atomic E-state index is 13.3. The molecule has 0 radical (unpaired) electrons. The summed E-state index contributed by atoms with van der Waals surface area (Å²) in [5, 5.41) is 2.34. The molecule has 2 aliphatic heterocycles. The van der Waals surface area contributed by atoms with Crippen LogP contribution in [0.4, 0.5) is 17.1 Å². The second-order valence-electron chi connectivity index (χ2n) is 7.60. The van der Waals surface area contributed by atoms with E-state index in [1.807, 2.05) is 43.1 Å². The molecule has 1 saturated heterocycles. The average Bonchev–Trinajstić information content (AvgIpc) is 3.26. The molecule has 0 saturated carbocycles. The Labute approximate surface area is 203 Å². The topological polar surface area (TPSA) is 39.2 Å². The zero-order valence-corrected chi connectivity index (χ0v) is 21.4. The van der Waals surface area contributed by atoms with Gasteiger partial charge in [0.2, 0.25) is 0 Å². The van der Waals surface area contributed by atoms with Gasteiger partial charge in [0, 0.05) is 42.3 Å². The van der Waals surface area contributed by atoms with Crippen LogP contribution in [0.1, 0.15) is 26.3 Å². The van der Waals surface area contributed by atoms with Crippen molar-refractivity contribution in [2.24, 2.45) is 4.99 Å². The number of thioether (sulfide) groups is 2. The minimum absolute atomic E-state index is 0.00178. The van der Waals surface area contributed by atoms with Gasteiger partial charge in [-0.2, -0.15) is 0 Å². The molecule has 0 N–H and O–H groups in total.